The Bertz CT molecular complexity index is 1720. The third-order valence-corrected chi connectivity index (χ3v) is 9.82. The summed E-state index contributed by atoms with van der Waals surface area (Å²) in [6.07, 6.45) is 9.65. The van der Waals surface area contributed by atoms with Crippen LogP contribution in [0.2, 0.25) is 0 Å². The molecule has 220 valence electrons. The third-order valence-electron chi connectivity index (χ3n) is 8.23. The molecule has 1 atom stereocenters. The van der Waals surface area contributed by atoms with Gasteiger partial charge in [0.05, 0.1) is 11.4 Å². The maximum atomic E-state index is 16.0. The number of fused-ring (bicyclic) bond motifs is 1. The van der Waals surface area contributed by atoms with Crippen LogP contribution in [0.25, 0.3) is 22.0 Å². The van der Waals surface area contributed by atoms with E-state index in [0.29, 0.717) is 16.5 Å². The van der Waals surface area contributed by atoms with Gasteiger partial charge in [0.2, 0.25) is 15.9 Å². The lowest BCUT2D eigenvalue weighted by molar-refractivity contribution is 0.194. The van der Waals surface area contributed by atoms with Gasteiger partial charge in [-0.05, 0) is 56.7 Å². The van der Waals surface area contributed by atoms with Crippen molar-refractivity contribution in [3.05, 3.63) is 66.4 Å². The Labute approximate surface area is 245 Å². The maximum absolute atomic E-state index is 16.0. The Hall–Kier alpha value is -3.83. The fourth-order valence-corrected chi connectivity index (χ4v) is 7.64. The smallest absolute Gasteiger partial charge is 0.246 e. The predicted molar refractivity (Wildman–Crippen MR) is 163 cm³/mol. The van der Waals surface area contributed by atoms with Crippen LogP contribution in [0.3, 0.4) is 0 Å². The lowest BCUT2D eigenvalue weighted by Gasteiger charge is -2.37. The molecule has 1 unspecified atom stereocenters. The Morgan fingerprint density at radius 2 is 1.86 bits per heavy atom. The number of hydrogen-bond acceptors (Lipinski definition) is 8. The van der Waals surface area contributed by atoms with Crippen molar-refractivity contribution < 1.29 is 17.5 Å². The molecular weight excluding hydrogens is 555 g/mol. The van der Waals surface area contributed by atoms with Gasteiger partial charge in [-0.2, -0.15) is 0 Å². The van der Waals surface area contributed by atoms with E-state index in [2.05, 4.69) is 30.3 Å². The highest BCUT2D eigenvalue weighted by molar-refractivity contribution is 7.92. The number of halogens is 1. The lowest BCUT2D eigenvalue weighted by Crippen LogP contribution is -2.38. The number of nitrogens with zero attached hydrogens (tertiary/aromatic N) is 3. The van der Waals surface area contributed by atoms with Crippen LogP contribution in [-0.4, -0.2) is 48.3 Å². The van der Waals surface area contributed by atoms with Gasteiger partial charge in [-0.25, -0.2) is 27.8 Å². The summed E-state index contributed by atoms with van der Waals surface area (Å²) in [6.45, 7) is 5.42. The zero-order valence-corrected chi connectivity index (χ0v) is 24.6. The average molecular weight is 591 g/mol. The van der Waals surface area contributed by atoms with Crippen molar-refractivity contribution in [1.82, 2.24) is 20.3 Å². The van der Waals surface area contributed by atoms with Crippen LogP contribution < -0.4 is 20.1 Å². The predicted octanol–water partition coefficient (Wildman–Crippen LogP) is 6.03. The van der Waals surface area contributed by atoms with Gasteiger partial charge in [0.1, 0.15) is 17.3 Å². The largest absolute Gasteiger partial charge is 0.436 e. The van der Waals surface area contributed by atoms with Crippen LogP contribution in [-0.2, 0) is 10.0 Å². The normalized spacial score (nSPS) is 18.3. The molecule has 0 spiro atoms. The number of sulfonamides is 1. The van der Waals surface area contributed by atoms with Gasteiger partial charge in [0.25, 0.3) is 0 Å². The van der Waals surface area contributed by atoms with Gasteiger partial charge in [0, 0.05) is 53.1 Å². The molecule has 4 aromatic rings. The Morgan fingerprint density at radius 1 is 1.07 bits per heavy atom. The van der Waals surface area contributed by atoms with Gasteiger partial charge >= 0.3 is 0 Å². The topological polar surface area (TPSA) is 118 Å². The van der Waals surface area contributed by atoms with E-state index in [1.165, 1.54) is 6.20 Å². The first kappa shape index (κ1) is 28.3. The number of piperidine rings is 1. The van der Waals surface area contributed by atoms with Crippen LogP contribution in [0, 0.1) is 18.2 Å². The zero-order valence-electron chi connectivity index (χ0n) is 23.8. The Morgan fingerprint density at radius 3 is 2.60 bits per heavy atom. The number of pyridine rings is 1. The molecule has 3 N–H and O–H groups in total. The summed E-state index contributed by atoms with van der Waals surface area (Å²) < 4.78 is 51.1. The van der Waals surface area contributed by atoms with Crippen molar-refractivity contribution in [3.63, 3.8) is 0 Å². The number of aromatic nitrogens is 3. The molecule has 0 amide bonds. The van der Waals surface area contributed by atoms with E-state index < -0.39 is 15.8 Å². The van der Waals surface area contributed by atoms with Crippen molar-refractivity contribution in [3.8, 4) is 22.9 Å². The van der Waals surface area contributed by atoms with Gasteiger partial charge in [-0.15, -0.1) is 0 Å². The number of ether oxygens (including phenoxy) is 1. The molecule has 1 saturated carbocycles. The molecule has 2 aromatic heterocycles. The monoisotopic (exact) mass is 590 g/mol. The molecule has 3 heterocycles. The number of benzene rings is 2. The van der Waals surface area contributed by atoms with Crippen molar-refractivity contribution in [1.29, 1.82) is 0 Å². The van der Waals surface area contributed by atoms with Crippen molar-refractivity contribution >= 4 is 32.3 Å². The standard InChI is InChI=1S/C31H35FN6O3S/c1-20-26(32)28(38-42(39,40)19-31(2)11-6-12-31)23-8-3-4-9-24(23)29(20)41-30-27(35-15-16-36-30)21-10-14-34-25(17-21)37-22-7-5-13-33-18-22/h3-4,8-10,14-17,22,33,38H,5-7,11-13,18-19H2,1-2H3,(H,34,37). The molecule has 9 nitrogen and oxygen atoms in total. The number of nitrogens with one attached hydrogen (secondary N) is 3. The summed E-state index contributed by atoms with van der Waals surface area (Å²) >= 11 is 0. The van der Waals surface area contributed by atoms with E-state index in [1.54, 1.807) is 43.6 Å². The van der Waals surface area contributed by atoms with E-state index >= 15 is 4.39 Å². The maximum Gasteiger partial charge on any atom is 0.246 e. The summed E-state index contributed by atoms with van der Waals surface area (Å²) in [4.78, 5) is 13.5. The minimum absolute atomic E-state index is 0.0476. The average Bonchev–Trinajstić information content (AvgIpc) is 2.97. The first-order valence-electron chi connectivity index (χ1n) is 14.4. The van der Waals surface area contributed by atoms with Crippen molar-refractivity contribution in [2.24, 2.45) is 5.41 Å². The Balaban J connectivity index is 1.34. The lowest BCUT2D eigenvalue weighted by atomic mass is 9.72. The van der Waals surface area contributed by atoms with E-state index in [-0.39, 0.29) is 40.1 Å². The number of rotatable bonds is 9. The summed E-state index contributed by atoms with van der Waals surface area (Å²) in [7, 11) is -3.78. The van der Waals surface area contributed by atoms with Gasteiger partial charge < -0.3 is 15.4 Å². The molecule has 1 aliphatic carbocycles. The van der Waals surface area contributed by atoms with E-state index in [9.17, 15) is 8.42 Å². The van der Waals surface area contributed by atoms with Crippen LogP contribution >= 0.6 is 0 Å². The van der Waals surface area contributed by atoms with Crippen LogP contribution in [0.1, 0.15) is 44.6 Å². The molecule has 2 fully saturated rings. The fraction of sp³-hybridized carbons (Fsp3) is 0.387. The van der Waals surface area contributed by atoms with Crippen molar-refractivity contribution in [2.75, 3.05) is 28.9 Å². The SMILES string of the molecule is Cc1c(F)c(NS(=O)(=O)CC2(C)CCC2)c2ccccc2c1Oc1nccnc1-c1ccnc(NC2CCCNC2)c1. The van der Waals surface area contributed by atoms with Crippen LogP contribution in [0.15, 0.2) is 55.0 Å². The first-order valence-corrected chi connectivity index (χ1v) is 16.0. The molecule has 1 aliphatic heterocycles. The Kier molecular flexibility index (Phi) is 7.71. The highest BCUT2D eigenvalue weighted by Gasteiger charge is 2.37. The second-order valence-corrected chi connectivity index (χ2v) is 13.4. The molecule has 6 rings (SSSR count). The van der Waals surface area contributed by atoms with Gasteiger partial charge in [0.15, 0.2) is 5.82 Å². The van der Waals surface area contributed by atoms with E-state index in [4.69, 9.17) is 4.74 Å². The first-order chi connectivity index (χ1) is 20.2. The zero-order chi connectivity index (χ0) is 29.3. The molecule has 2 aliphatic rings. The highest BCUT2D eigenvalue weighted by Crippen LogP contribution is 2.44. The molecule has 0 radical (unpaired) electrons. The summed E-state index contributed by atoms with van der Waals surface area (Å²) in [5, 5.41) is 7.83. The van der Waals surface area contributed by atoms with Crippen molar-refractivity contribution in [2.45, 2.75) is 52.0 Å². The minimum Gasteiger partial charge on any atom is -0.436 e. The highest BCUT2D eigenvalue weighted by atomic mass is 32.2. The summed E-state index contributed by atoms with van der Waals surface area (Å²) in [6, 6.07) is 11.0. The minimum atomic E-state index is -3.78. The fourth-order valence-electron chi connectivity index (χ4n) is 5.85. The molecular formula is C31H35FN6O3S. The molecule has 0 bridgehead atoms. The molecule has 1 saturated heterocycles. The molecule has 2 aromatic carbocycles. The summed E-state index contributed by atoms with van der Waals surface area (Å²) in [5.74, 6) is 0.437. The quantitative estimate of drug-likeness (QED) is 0.216. The third kappa shape index (κ3) is 5.89. The number of hydrogen-bond donors (Lipinski definition) is 3. The van der Waals surface area contributed by atoms with Crippen LogP contribution in [0.5, 0.6) is 11.6 Å². The molecule has 42 heavy (non-hydrogen) atoms. The van der Waals surface area contributed by atoms with E-state index in [0.717, 1.165) is 56.6 Å². The van der Waals surface area contributed by atoms with Crippen LogP contribution in [0.4, 0.5) is 15.9 Å². The van der Waals surface area contributed by atoms with Gasteiger partial charge in [-0.1, -0.05) is 37.6 Å². The second kappa shape index (κ2) is 11.4. The summed E-state index contributed by atoms with van der Waals surface area (Å²) in [5.41, 5.74) is 1.04. The van der Waals surface area contributed by atoms with Gasteiger partial charge in [-0.3, -0.25) is 4.72 Å². The molecule has 11 heteroatoms. The number of anilines is 2. The second-order valence-electron chi connectivity index (χ2n) is 11.6. The van der Waals surface area contributed by atoms with E-state index in [1.807, 2.05) is 19.1 Å².